The average molecular weight is 238 g/mol. The number of aryl methyl sites for hydroxylation is 1. The largest absolute Gasteiger partial charge is 0.463 e. The molecule has 0 aliphatic rings. The molecule has 0 atom stereocenters. The Labute approximate surface area is 103 Å². The lowest BCUT2D eigenvalue weighted by Crippen LogP contribution is -2.09. The third kappa shape index (κ3) is 4.97. The normalized spacial score (nSPS) is 10.3. The fraction of sp³-hybridized carbons (Fsp3) is 0.750. The van der Waals surface area contributed by atoms with E-state index in [1.807, 2.05) is 6.92 Å². The van der Waals surface area contributed by atoms with Crippen molar-refractivity contribution in [1.82, 2.24) is 15.0 Å². The Balaban J connectivity index is 2.76. The molecule has 96 valence electrons. The molecule has 0 aliphatic heterocycles. The van der Waals surface area contributed by atoms with Gasteiger partial charge in [-0.3, -0.25) is 0 Å². The number of anilines is 1. The van der Waals surface area contributed by atoms with Gasteiger partial charge in [0.05, 0.1) is 6.61 Å². The zero-order valence-electron chi connectivity index (χ0n) is 11.0. The first-order chi connectivity index (χ1) is 8.30. The zero-order chi connectivity index (χ0) is 12.5. The van der Waals surface area contributed by atoms with Crippen molar-refractivity contribution in [2.45, 2.75) is 46.5 Å². The first kappa shape index (κ1) is 13.7. The summed E-state index contributed by atoms with van der Waals surface area (Å²) in [5.74, 6) is 1.42. The van der Waals surface area contributed by atoms with Gasteiger partial charge in [-0.2, -0.15) is 15.0 Å². The molecule has 0 spiro atoms. The average Bonchev–Trinajstić information content (AvgIpc) is 2.34. The zero-order valence-corrected chi connectivity index (χ0v) is 11.0. The predicted molar refractivity (Wildman–Crippen MR) is 68.4 cm³/mol. The van der Waals surface area contributed by atoms with Crippen LogP contribution in [0.3, 0.4) is 0 Å². The molecular formula is C12H22N4O. The number of nitrogens with one attached hydrogen (secondary N) is 1. The number of ether oxygens (including phenoxy) is 1. The number of rotatable bonds is 8. The first-order valence-electron chi connectivity index (χ1n) is 6.41. The molecule has 1 heterocycles. The molecule has 1 rings (SSSR count). The van der Waals surface area contributed by atoms with Crippen molar-refractivity contribution < 1.29 is 4.74 Å². The molecule has 1 N–H and O–H groups in total. The van der Waals surface area contributed by atoms with Crippen molar-refractivity contribution in [2.24, 2.45) is 0 Å². The van der Waals surface area contributed by atoms with Gasteiger partial charge in [-0.05, 0) is 19.8 Å². The lowest BCUT2D eigenvalue weighted by molar-refractivity contribution is 0.290. The third-order valence-electron chi connectivity index (χ3n) is 2.19. The maximum Gasteiger partial charge on any atom is 0.321 e. The Morgan fingerprint density at radius 2 is 1.88 bits per heavy atom. The lowest BCUT2D eigenvalue weighted by Gasteiger charge is -2.07. The van der Waals surface area contributed by atoms with Crippen molar-refractivity contribution in [2.75, 3.05) is 18.5 Å². The molecule has 0 aliphatic carbocycles. The molecule has 0 aromatic carbocycles. The third-order valence-corrected chi connectivity index (χ3v) is 2.19. The standard InChI is InChI=1S/C12H22N4O/c1-4-7-8-10-14-11(13-6-3)16-12(15-10)17-9-5-2/h4-9H2,1-3H3,(H,13,14,15,16). The first-order valence-corrected chi connectivity index (χ1v) is 6.41. The van der Waals surface area contributed by atoms with E-state index in [4.69, 9.17) is 4.74 Å². The SMILES string of the molecule is CCCCc1nc(NCC)nc(OCCC)n1. The van der Waals surface area contributed by atoms with Crippen LogP contribution in [0.5, 0.6) is 6.01 Å². The number of hydrogen-bond acceptors (Lipinski definition) is 5. The monoisotopic (exact) mass is 238 g/mol. The van der Waals surface area contributed by atoms with E-state index in [1.165, 1.54) is 0 Å². The van der Waals surface area contributed by atoms with Crippen molar-refractivity contribution in [3.05, 3.63) is 5.82 Å². The maximum absolute atomic E-state index is 5.46. The Morgan fingerprint density at radius 1 is 1.06 bits per heavy atom. The summed E-state index contributed by atoms with van der Waals surface area (Å²) in [6.45, 7) is 7.67. The van der Waals surface area contributed by atoms with Crippen LogP contribution < -0.4 is 10.1 Å². The molecule has 0 bridgehead atoms. The summed E-state index contributed by atoms with van der Waals surface area (Å²) in [6, 6.07) is 0.434. The number of hydrogen-bond donors (Lipinski definition) is 1. The molecule has 1 aromatic heterocycles. The summed E-state index contributed by atoms with van der Waals surface area (Å²) in [7, 11) is 0. The van der Waals surface area contributed by atoms with E-state index >= 15 is 0 Å². The molecule has 0 fully saturated rings. The number of aromatic nitrogens is 3. The van der Waals surface area contributed by atoms with Crippen molar-refractivity contribution in [1.29, 1.82) is 0 Å². The molecule has 1 aromatic rings. The second kappa shape index (κ2) is 7.81. The van der Waals surface area contributed by atoms with Crippen LogP contribution in [0.2, 0.25) is 0 Å². The minimum atomic E-state index is 0.434. The molecule has 5 heteroatoms. The number of nitrogens with zero attached hydrogens (tertiary/aromatic N) is 3. The summed E-state index contributed by atoms with van der Waals surface area (Å²) in [5, 5.41) is 3.10. The van der Waals surface area contributed by atoms with E-state index in [2.05, 4.69) is 34.1 Å². The highest BCUT2D eigenvalue weighted by Crippen LogP contribution is 2.10. The van der Waals surface area contributed by atoms with Crippen LogP contribution >= 0.6 is 0 Å². The van der Waals surface area contributed by atoms with E-state index in [0.29, 0.717) is 18.6 Å². The van der Waals surface area contributed by atoms with Crippen molar-refractivity contribution in [3.63, 3.8) is 0 Å². The molecule has 0 saturated heterocycles. The fourth-order valence-electron chi connectivity index (χ4n) is 1.34. The van der Waals surface area contributed by atoms with Gasteiger partial charge >= 0.3 is 6.01 Å². The van der Waals surface area contributed by atoms with E-state index in [0.717, 1.165) is 38.1 Å². The summed E-state index contributed by atoms with van der Waals surface area (Å²) < 4.78 is 5.46. The highest BCUT2D eigenvalue weighted by atomic mass is 16.5. The Bertz CT molecular complexity index is 304. The molecule has 17 heavy (non-hydrogen) atoms. The maximum atomic E-state index is 5.46. The Kier molecular flexibility index (Phi) is 6.29. The van der Waals surface area contributed by atoms with Gasteiger partial charge in [0.25, 0.3) is 0 Å². The molecule has 0 unspecified atom stereocenters. The minimum absolute atomic E-state index is 0.434. The van der Waals surface area contributed by atoms with E-state index in [-0.39, 0.29) is 0 Å². The molecular weight excluding hydrogens is 216 g/mol. The second-order valence-electron chi connectivity index (χ2n) is 3.84. The topological polar surface area (TPSA) is 59.9 Å². The van der Waals surface area contributed by atoms with Crippen LogP contribution in [0, 0.1) is 0 Å². The van der Waals surface area contributed by atoms with Gasteiger partial charge < -0.3 is 10.1 Å². The van der Waals surface area contributed by atoms with Crippen LogP contribution in [-0.2, 0) is 6.42 Å². The summed E-state index contributed by atoms with van der Waals surface area (Å²) in [4.78, 5) is 12.9. The van der Waals surface area contributed by atoms with Gasteiger partial charge in [0.15, 0.2) is 0 Å². The van der Waals surface area contributed by atoms with Gasteiger partial charge in [0.1, 0.15) is 5.82 Å². The van der Waals surface area contributed by atoms with Gasteiger partial charge in [-0.1, -0.05) is 20.3 Å². The summed E-state index contributed by atoms with van der Waals surface area (Å²) in [6.07, 6.45) is 4.04. The van der Waals surface area contributed by atoms with Gasteiger partial charge in [0.2, 0.25) is 5.95 Å². The summed E-state index contributed by atoms with van der Waals surface area (Å²) >= 11 is 0. The highest BCUT2D eigenvalue weighted by Gasteiger charge is 2.06. The molecule has 5 nitrogen and oxygen atoms in total. The van der Waals surface area contributed by atoms with Crippen molar-refractivity contribution >= 4 is 5.95 Å². The second-order valence-corrected chi connectivity index (χ2v) is 3.84. The van der Waals surface area contributed by atoms with Crippen molar-refractivity contribution in [3.8, 4) is 6.01 Å². The van der Waals surface area contributed by atoms with Crippen LogP contribution in [0.15, 0.2) is 0 Å². The quantitative estimate of drug-likeness (QED) is 0.753. The van der Waals surface area contributed by atoms with Crippen LogP contribution in [0.4, 0.5) is 5.95 Å². The summed E-state index contributed by atoms with van der Waals surface area (Å²) in [5.41, 5.74) is 0. The Hall–Kier alpha value is -1.39. The predicted octanol–water partition coefficient (Wildman–Crippen LogP) is 2.43. The molecule has 0 radical (unpaired) electrons. The molecule has 0 amide bonds. The fourth-order valence-corrected chi connectivity index (χ4v) is 1.34. The molecule has 0 saturated carbocycles. The Morgan fingerprint density at radius 3 is 2.53 bits per heavy atom. The number of unbranched alkanes of at least 4 members (excludes halogenated alkanes) is 1. The van der Waals surface area contributed by atoms with Gasteiger partial charge in [-0.25, -0.2) is 0 Å². The highest BCUT2D eigenvalue weighted by molar-refractivity contribution is 5.25. The van der Waals surface area contributed by atoms with Crippen LogP contribution in [0.25, 0.3) is 0 Å². The minimum Gasteiger partial charge on any atom is -0.463 e. The van der Waals surface area contributed by atoms with E-state index in [1.54, 1.807) is 0 Å². The van der Waals surface area contributed by atoms with Crippen LogP contribution in [-0.4, -0.2) is 28.1 Å². The van der Waals surface area contributed by atoms with Crippen LogP contribution in [0.1, 0.15) is 45.9 Å². The van der Waals surface area contributed by atoms with E-state index in [9.17, 15) is 0 Å². The van der Waals surface area contributed by atoms with Gasteiger partial charge in [-0.15, -0.1) is 0 Å². The van der Waals surface area contributed by atoms with E-state index < -0.39 is 0 Å². The lowest BCUT2D eigenvalue weighted by atomic mass is 10.2. The smallest absolute Gasteiger partial charge is 0.321 e. The van der Waals surface area contributed by atoms with Gasteiger partial charge in [0, 0.05) is 13.0 Å².